The summed E-state index contributed by atoms with van der Waals surface area (Å²) in [6, 6.07) is 0. The summed E-state index contributed by atoms with van der Waals surface area (Å²) in [6.07, 6.45) is 23.6. The number of rotatable bonds is 20. The van der Waals surface area contributed by atoms with Crippen LogP contribution in [0.2, 0.25) is 0 Å². The third-order valence-electron chi connectivity index (χ3n) is 9.00. The number of aliphatic hydroxyl groups excluding tert-OH is 1. The van der Waals surface area contributed by atoms with Gasteiger partial charge in [-0.15, -0.1) is 0 Å². The van der Waals surface area contributed by atoms with E-state index in [-0.39, 0.29) is 43.2 Å². The lowest BCUT2D eigenvalue weighted by Crippen LogP contribution is -2.33. The first-order chi connectivity index (χ1) is 20.0. The van der Waals surface area contributed by atoms with Crippen LogP contribution >= 0.6 is 0 Å². The molecular weight excluding hydrogens is 528 g/mol. The SMILES string of the molecule is C=C1C[C@H]2O[C@H]2[C@@](C)(O)CC[C@H](/C(=C\C=C\C(C)(C)O)COC(=O)CCCCCCCCCCCCCCC)[C@H]1CO. The molecule has 1 aliphatic heterocycles. The minimum Gasteiger partial charge on any atom is -0.461 e. The van der Waals surface area contributed by atoms with Crippen LogP contribution in [0.3, 0.4) is 0 Å². The standard InChI is InChI=1S/C36H62O6/c1-6-7-8-9-10-11-12-13-14-15-16-17-18-21-33(38)41-27-29(20-19-23-35(3,4)39)30-22-24-36(5,40)34-32(42-34)25-28(2)31(30)26-37/h19-20,23,30-32,34,37,39-40H,2,6-18,21-22,24-27H2,1,3-5H3/b23-19+,29-20-/t30-,31+,32-,34-,36+/m1/s1. The van der Waals surface area contributed by atoms with Crippen LogP contribution in [0.4, 0.5) is 0 Å². The molecule has 0 unspecified atom stereocenters. The van der Waals surface area contributed by atoms with Crippen molar-refractivity contribution < 1.29 is 29.6 Å². The number of allylic oxidation sites excluding steroid dienone is 2. The predicted octanol–water partition coefficient (Wildman–Crippen LogP) is 7.75. The number of aliphatic hydroxyl groups is 3. The minimum absolute atomic E-state index is 0.0686. The van der Waals surface area contributed by atoms with E-state index in [1.165, 1.54) is 64.2 Å². The quantitative estimate of drug-likeness (QED) is 0.0441. The summed E-state index contributed by atoms with van der Waals surface area (Å²) in [7, 11) is 0. The van der Waals surface area contributed by atoms with Gasteiger partial charge in [-0.05, 0) is 57.9 Å². The van der Waals surface area contributed by atoms with E-state index in [4.69, 9.17) is 9.47 Å². The molecule has 1 saturated heterocycles. The van der Waals surface area contributed by atoms with Gasteiger partial charge in [0.05, 0.1) is 23.9 Å². The van der Waals surface area contributed by atoms with Gasteiger partial charge < -0.3 is 24.8 Å². The van der Waals surface area contributed by atoms with Crippen LogP contribution in [-0.2, 0) is 14.3 Å². The molecule has 2 aliphatic rings. The second-order valence-electron chi connectivity index (χ2n) is 13.7. The van der Waals surface area contributed by atoms with Crippen molar-refractivity contribution in [2.24, 2.45) is 11.8 Å². The van der Waals surface area contributed by atoms with Crippen LogP contribution in [0, 0.1) is 11.8 Å². The van der Waals surface area contributed by atoms with Crippen molar-refractivity contribution in [2.45, 2.75) is 160 Å². The van der Waals surface area contributed by atoms with Crippen molar-refractivity contribution >= 4 is 5.97 Å². The molecule has 6 nitrogen and oxygen atoms in total. The first-order valence-corrected chi connectivity index (χ1v) is 16.9. The smallest absolute Gasteiger partial charge is 0.306 e. The summed E-state index contributed by atoms with van der Waals surface area (Å²) in [5.41, 5.74) is -0.190. The Kier molecular flexibility index (Phi) is 16.6. The van der Waals surface area contributed by atoms with E-state index in [9.17, 15) is 20.1 Å². The molecule has 0 aromatic rings. The van der Waals surface area contributed by atoms with Gasteiger partial charge in [-0.25, -0.2) is 0 Å². The van der Waals surface area contributed by atoms with Gasteiger partial charge in [-0.2, -0.15) is 0 Å². The Morgan fingerprint density at radius 2 is 1.62 bits per heavy atom. The van der Waals surface area contributed by atoms with Crippen molar-refractivity contribution in [3.63, 3.8) is 0 Å². The maximum atomic E-state index is 12.7. The van der Waals surface area contributed by atoms with Crippen molar-refractivity contribution in [2.75, 3.05) is 13.2 Å². The fraction of sp³-hybridized carbons (Fsp3) is 0.806. The largest absolute Gasteiger partial charge is 0.461 e. The number of hydrogen-bond acceptors (Lipinski definition) is 6. The summed E-state index contributed by atoms with van der Waals surface area (Å²) in [5, 5.41) is 31.6. The number of esters is 1. The average molecular weight is 591 g/mol. The summed E-state index contributed by atoms with van der Waals surface area (Å²) < 4.78 is 11.5. The van der Waals surface area contributed by atoms with Crippen LogP contribution in [0.25, 0.3) is 0 Å². The van der Waals surface area contributed by atoms with Crippen molar-refractivity contribution in [1.82, 2.24) is 0 Å². The Labute approximate surface area is 256 Å². The van der Waals surface area contributed by atoms with E-state index in [2.05, 4.69) is 13.5 Å². The van der Waals surface area contributed by atoms with Crippen LogP contribution < -0.4 is 0 Å². The Morgan fingerprint density at radius 1 is 1.05 bits per heavy atom. The van der Waals surface area contributed by atoms with Gasteiger partial charge in [0, 0.05) is 12.3 Å². The van der Waals surface area contributed by atoms with E-state index in [0.717, 1.165) is 30.4 Å². The number of carbonyl (C=O) groups is 1. The number of unbranched alkanes of at least 4 members (excludes halogenated alkanes) is 12. The zero-order valence-corrected chi connectivity index (χ0v) is 27.2. The molecule has 0 aromatic carbocycles. The molecule has 0 bridgehead atoms. The van der Waals surface area contributed by atoms with Gasteiger partial charge in [0.15, 0.2) is 0 Å². The monoisotopic (exact) mass is 590 g/mol. The fourth-order valence-electron chi connectivity index (χ4n) is 6.24. The lowest BCUT2D eigenvalue weighted by molar-refractivity contribution is -0.143. The van der Waals surface area contributed by atoms with Crippen LogP contribution in [-0.4, -0.2) is 57.9 Å². The molecule has 2 fully saturated rings. The maximum Gasteiger partial charge on any atom is 0.306 e. The molecule has 3 N–H and O–H groups in total. The molecule has 1 saturated carbocycles. The number of carbonyl (C=O) groups excluding carboxylic acids is 1. The van der Waals surface area contributed by atoms with Gasteiger partial charge in [-0.1, -0.05) is 114 Å². The molecule has 1 heterocycles. The second kappa shape index (κ2) is 19.0. The molecule has 1 aliphatic carbocycles. The lowest BCUT2D eigenvalue weighted by Gasteiger charge is -2.31. The highest BCUT2D eigenvalue weighted by molar-refractivity contribution is 5.69. The normalized spacial score (nSPS) is 26.9. The number of epoxide rings is 1. The van der Waals surface area contributed by atoms with E-state index in [0.29, 0.717) is 25.7 Å². The van der Waals surface area contributed by atoms with E-state index in [1.807, 2.05) is 13.0 Å². The fourth-order valence-corrected chi connectivity index (χ4v) is 6.24. The highest BCUT2D eigenvalue weighted by Crippen LogP contribution is 2.45. The van der Waals surface area contributed by atoms with Gasteiger partial charge in [0.2, 0.25) is 0 Å². The van der Waals surface area contributed by atoms with E-state index in [1.54, 1.807) is 26.0 Å². The van der Waals surface area contributed by atoms with Crippen molar-refractivity contribution in [1.29, 1.82) is 0 Å². The highest BCUT2D eigenvalue weighted by Gasteiger charge is 2.52. The Bertz CT molecular complexity index is 851. The molecule has 42 heavy (non-hydrogen) atoms. The van der Waals surface area contributed by atoms with Crippen molar-refractivity contribution in [3.8, 4) is 0 Å². The summed E-state index contributed by atoms with van der Waals surface area (Å²) in [6.45, 7) is 11.8. The predicted molar refractivity (Wildman–Crippen MR) is 171 cm³/mol. The third-order valence-corrected chi connectivity index (χ3v) is 9.00. The van der Waals surface area contributed by atoms with Crippen LogP contribution in [0.15, 0.2) is 36.0 Å². The third kappa shape index (κ3) is 14.3. The minimum atomic E-state index is -0.979. The molecule has 0 amide bonds. The Balaban J connectivity index is 1.83. The van der Waals surface area contributed by atoms with Crippen molar-refractivity contribution in [3.05, 3.63) is 36.0 Å². The molecule has 5 atom stereocenters. The van der Waals surface area contributed by atoms with E-state index < -0.39 is 11.2 Å². The Morgan fingerprint density at radius 3 is 2.17 bits per heavy atom. The first kappa shape index (κ1) is 36.7. The molecule has 0 spiro atoms. The summed E-state index contributed by atoms with van der Waals surface area (Å²) >= 11 is 0. The first-order valence-electron chi connectivity index (χ1n) is 16.9. The Hall–Kier alpha value is -1.47. The molecule has 0 aromatic heterocycles. The van der Waals surface area contributed by atoms with Crippen LogP contribution in [0.1, 0.15) is 137 Å². The molecule has 6 heteroatoms. The van der Waals surface area contributed by atoms with Gasteiger partial charge in [0.1, 0.15) is 12.7 Å². The number of ether oxygens (including phenoxy) is 2. The molecular formula is C36H62O6. The molecule has 242 valence electrons. The highest BCUT2D eigenvalue weighted by atomic mass is 16.6. The average Bonchev–Trinajstić information content (AvgIpc) is 3.70. The number of hydrogen-bond donors (Lipinski definition) is 3. The van der Waals surface area contributed by atoms with E-state index >= 15 is 0 Å². The van der Waals surface area contributed by atoms with Gasteiger partial charge >= 0.3 is 5.97 Å². The topological polar surface area (TPSA) is 99.5 Å². The van der Waals surface area contributed by atoms with Crippen LogP contribution in [0.5, 0.6) is 0 Å². The summed E-state index contributed by atoms with van der Waals surface area (Å²) in [5.74, 6) is -0.591. The lowest BCUT2D eigenvalue weighted by atomic mass is 9.77. The zero-order chi connectivity index (χ0) is 31.0. The zero-order valence-electron chi connectivity index (χ0n) is 27.2. The second-order valence-corrected chi connectivity index (χ2v) is 13.7. The maximum absolute atomic E-state index is 12.7. The van der Waals surface area contributed by atoms with Gasteiger partial charge in [0.25, 0.3) is 0 Å². The summed E-state index contributed by atoms with van der Waals surface area (Å²) in [4.78, 5) is 12.7. The number of fused-ring (bicyclic) bond motifs is 1. The van der Waals surface area contributed by atoms with Gasteiger partial charge in [-0.3, -0.25) is 4.79 Å². The molecule has 2 rings (SSSR count). The molecule has 0 radical (unpaired) electrons.